The molecule has 130 valence electrons. The minimum absolute atomic E-state index is 0.157. The molecule has 0 saturated heterocycles. The topological polar surface area (TPSA) is 26.3 Å². The van der Waals surface area contributed by atoms with Crippen molar-refractivity contribution >= 4 is 5.97 Å². The summed E-state index contributed by atoms with van der Waals surface area (Å²) >= 11 is 0. The first kappa shape index (κ1) is 21.2. The van der Waals surface area contributed by atoms with E-state index in [-0.39, 0.29) is 5.97 Å². The molecular formula is C20H38O2. The molecule has 0 bridgehead atoms. The first-order chi connectivity index (χ1) is 10.8. The molecule has 0 amide bonds. The Hall–Kier alpha value is -0.790. The highest BCUT2D eigenvalue weighted by Crippen LogP contribution is 2.10. The number of unbranched alkanes of at least 4 members (excludes halogenated alkanes) is 12. The van der Waals surface area contributed by atoms with Crippen LogP contribution >= 0.6 is 0 Å². The highest BCUT2D eigenvalue weighted by molar-refractivity contribution is 5.65. The monoisotopic (exact) mass is 310 g/mol. The lowest BCUT2D eigenvalue weighted by molar-refractivity contribution is -0.141. The van der Waals surface area contributed by atoms with Crippen molar-refractivity contribution in [2.24, 2.45) is 0 Å². The fourth-order valence-electron chi connectivity index (χ4n) is 2.57. The zero-order valence-electron chi connectivity index (χ0n) is 15.1. The molecule has 0 aromatic rings. The summed E-state index contributed by atoms with van der Waals surface area (Å²) in [6.07, 6.45) is 23.0. The number of esters is 1. The third-order valence-electron chi connectivity index (χ3n) is 3.96. The van der Waals surface area contributed by atoms with Gasteiger partial charge in [0.2, 0.25) is 0 Å². The summed E-state index contributed by atoms with van der Waals surface area (Å²) in [6.45, 7) is 4.33. The molecule has 0 rings (SSSR count). The van der Waals surface area contributed by atoms with Gasteiger partial charge in [-0.25, -0.2) is 0 Å². The van der Waals surface area contributed by atoms with Crippen LogP contribution in [-0.4, -0.2) is 12.6 Å². The van der Waals surface area contributed by atoms with Gasteiger partial charge >= 0.3 is 5.97 Å². The fourth-order valence-corrected chi connectivity index (χ4v) is 2.57. The molecule has 0 fully saturated rings. The lowest BCUT2D eigenvalue weighted by atomic mass is 10.1. The number of hydrogen-bond donors (Lipinski definition) is 0. The van der Waals surface area contributed by atoms with Crippen molar-refractivity contribution in [1.82, 2.24) is 0 Å². The third kappa shape index (κ3) is 19.2. The first-order valence-corrected chi connectivity index (χ1v) is 9.55. The Kier molecular flexibility index (Phi) is 17.6. The average Bonchev–Trinajstić information content (AvgIpc) is 2.50. The molecule has 0 N–H and O–H groups in total. The molecule has 0 aromatic heterocycles. The van der Waals surface area contributed by atoms with Crippen LogP contribution < -0.4 is 0 Å². The van der Waals surface area contributed by atoms with E-state index in [9.17, 15) is 4.79 Å². The normalized spacial score (nSPS) is 11.2. The van der Waals surface area contributed by atoms with Crippen LogP contribution in [0.3, 0.4) is 0 Å². The molecule has 0 aromatic carbocycles. The van der Waals surface area contributed by atoms with Crippen LogP contribution in [0.4, 0.5) is 0 Å². The number of carbonyl (C=O) groups excluding carboxylic acids is 1. The average molecular weight is 311 g/mol. The van der Waals surface area contributed by atoms with Crippen molar-refractivity contribution in [2.45, 2.75) is 104 Å². The zero-order chi connectivity index (χ0) is 16.3. The Morgan fingerprint density at radius 1 is 0.727 bits per heavy atom. The quantitative estimate of drug-likeness (QED) is 0.183. The molecular weight excluding hydrogens is 272 g/mol. The van der Waals surface area contributed by atoms with E-state index in [1.54, 1.807) is 0 Å². The summed E-state index contributed by atoms with van der Waals surface area (Å²) in [6, 6.07) is 0. The van der Waals surface area contributed by atoms with Gasteiger partial charge in [-0.3, -0.25) is 4.79 Å². The molecule has 0 heterocycles. The van der Waals surface area contributed by atoms with Crippen LogP contribution in [0, 0.1) is 0 Å². The summed E-state index contributed by atoms with van der Waals surface area (Å²) in [5.41, 5.74) is 0. The highest BCUT2D eigenvalue weighted by atomic mass is 16.5. The van der Waals surface area contributed by atoms with E-state index in [1.807, 2.05) is 0 Å². The minimum Gasteiger partial charge on any atom is -0.466 e. The molecule has 0 unspecified atom stereocenters. The second-order valence-electron chi connectivity index (χ2n) is 6.28. The molecule has 2 heteroatoms. The lowest BCUT2D eigenvalue weighted by Gasteiger charge is -2.02. The van der Waals surface area contributed by atoms with Crippen LogP contribution in [0.25, 0.3) is 0 Å². The fraction of sp³-hybridized carbons (Fsp3) is 0.850. The van der Waals surface area contributed by atoms with E-state index in [2.05, 4.69) is 19.1 Å². The third-order valence-corrected chi connectivity index (χ3v) is 3.96. The van der Waals surface area contributed by atoms with Gasteiger partial charge in [-0.1, -0.05) is 76.9 Å². The van der Waals surface area contributed by atoms with Crippen LogP contribution in [0.1, 0.15) is 104 Å². The maximum atomic E-state index is 10.6. The van der Waals surface area contributed by atoms with Crippen LogP contribution in [0.5, 0.6) is 0 Å². The Morgan fingerprint density at radius 3 is 1.68 bits per heavy atom. The van der Waals surface area contributed by atoms with E-state index in [0.717, 1.165) is 6.42 Å². The molecule has 0 saturated carbocycles. The lowest BCUT2D eigenvalue weighted by Crippen LogP contribution is -2.00. The summed E-state index contributed by atoms with van der Waals surface area (Å²) in [5.74, 6) is -0.157. The molecule has 0 aliphatic rings. The summed E-state index contributed by atoms with van der Waals surface area (Å²) in [4.78, 5) is 10.6. The molecule has 0 aliphatic heterocycles. The van der Waals surface area contributed by atoms with Crippen molar-refractivity contribution in [2.75, 3.05) is 6.61 Å². The Labute approximate surface area is 138 Å². The summed E-state index contributed by atoms with van der Waals surface area (Å²) in [7, 11) is 0. The van der Waals surface area contributed by atoms with E-state index >= 15 is 0 Å². The molecule has 0 spiro atoms. The van der Waals surface area contributed by atoms with Crippen molar-refractivity contribution in [1.29, 1.82) is 0 Å². The predicted molar refractivity (Wildman–Crippen MR) is 96.1 cm³/mol. The van der Waals surface area contributed by atoms with Crippen molar-refractivity contribution < 1.29 is 9.53 Å². The van der Waals surface area contributed by atoms with E-state index in [1.165, 1.54) is 90.4 Å². The Morgan fingerprint density at radius 2 is 1.18 bits per heavy atom. The molecule has 2 nitrogen and oxygen atoms in total. The maximum absolute atomic E-state index is 10.6. The minimum atomic E-state index is -0.157. The van der Waals surface area contributed by atoms with Crippen LogP contribution in [0.15, 0.2) is 12.2 Å². The van der Waals surface area contributed by atoms with E-state index in [4.69, 9.17) is 4.74 Å². The predicted octanol–water partition coefficient (Wildman–Crippen LogP) is 6.59. The van der Waals surface area contributed by atoms with Crippen LogP contribution in [0.2, 0.25) is 0 Å². The van der Waals surface area contributed by atoms with E-state index < -0.39 is 0 Å². The van der Waals surface area contributed by atoms with Gasteiger partial charge in [0, 0.05) is 6.92 Å². The molecule has 0 atom stereocenters. The Balaban J connectivity index is 3.05. The number of ether oxygens (including phenoxy) is 1. The van der Waals surface area contributed by atoms with Gasteiger partial charge in [-0.15, -0.1) is 0 Å². The molecule has 0 radical (unpaired) electrons. The van der Waals surface area contributed by atoms with Crippen molar-refractivity contribution in [3.8, 4) is 0 Å². The smallest absolute Gasteiger partial charge is 0.302 e. The number of rotatable bonds is 16. The number of carbonyl (C=O) groups is 1. The van der Waals surface area contributed by atoms with Gasteiger partial charge in [0.25, 0.3) is 0 Å². The number of hydrogen-bond acceptors (Lipinski definition) is 2. The van der Waals surface area contributed by atoms with Crippen molar-refractivity contribution in [3.63, 3.8) is 0 Å². The second kappa shape index (κ2) is 18.3. The summed E-state index contributed by atoms with van der Waals surface area (Å²) < 4.78 is 4.92. The second-order valence-corrected chi connectivity index (χ2v) is 6.28. The molecule has 0 aliphatic carbocycles. The van der Waals surface area contributed by atoms with Gasteiger partial charge in [0.1, 0.15) is 0 Å². The highest BCUT2D eigenvalue weighted by Gasteiger charge is 1.94. The molecule has 22 heavy (non-hydrogen) atoms. The van der Waals surface area contributed by atoms with Gasteiger partial charge in [-0.2, -0.15) is 0 Å². The maximum Gasteiger partial charge on any atom is 0.302 e. The van der Waals surface area contributed by atoms with Crippen LogP contribution in [-0.2, 0) is 9.53 Å². The summed E-state index contributed by atoms with van der Waals surface area (Å²) in [5, 5.41) is 0. The first-order valence-electron chi connectivity index (χ1n) is 9.55. The zero-order valence-corrected chi connectivity index (χ0v) is 15.1. The largest absolute Gasteiger partial charge is 0.466 e. The van der Waals surface area contributed by atoms with Gasteiger partial charge in [0.05, 0.1) is 6.61 Å². The van der Waals surface area contributed by atoms with Gasteiger partial charge < -0.3 is 4.74 Å². The SMILES string of the molecule is CCCCCC/C=C/CCCCCCCCCCOC(C)=O. The standard InChI is InChI=1S/C20H38O2/c1-3-4-5-6-7-8-9-10-11-12-13-14-15-16-17-18-19-22-20(2)21/h8-9H,3-7,10-19H2,1-2H3/b9-8+. The van der Waals surface area contributed by atoms with E-state index in [0.29, 0.717) is 6.61 Å². The van der Waals surface area contributed by atoms with Gasteiger partial charge in [-0.05, 0) is 32.1 Å². The number of allylic oxidation sites excluding steroid dienone is 2. The Bertz CT molecular complexity index is 258. The van der Waals surface area contributed by atoms with Crippen molar-refractivity contribution in [3.05, 3.63) is 12.2 Å². The van der Waals surface area contributed by atoms with Gasteiger partial charge in [0.15, 0.2) is 0 Å².